The Morgan fingerprint density at radius 1 is 1.21 bits per heavy atom. The highest BCUT2D eigenvalue weighted by Gasteiger charge is 2.35. The predicted molar refractivity (Wildman–Crippen MR) is 114 cm³/mol. The fourth-order valence-electron chi connectivity index (χ4n) is 3.85. The van der Waals surface area contributed by atoms with E-state index < -0.39 is 15.9 Å². The van der Waals surface area contributed by atoms with Crippen molar-refractivity contribution in [2.75, 3.05) is 37.0 Å². The highest BCUT2D eigenvalue weighted by atomic mass is 35.5. The molecule has 0 bridgehead atoms. The molecule has 2 unspecified atom stereocenters. The second-order valence-electron chi connectivity index (χ2n) is 7.66. The molecule has 0 saturated carbocycles. The minimum Gasteiger partial charge on any atom is -0.341 e. The van der Waals surface area contributed by atoms with Gasteiger partial charge in [-0.05, 0) is 44.0 Å². The largest absolute Gasteiger partial charge is 0.341 e. The predicted octanol–water partition coefficient (Wildman–Crippen LogP) is 2.43. The second-order valence-corrected chi connectivity index (χ2v) is 10.7. The molecule has 10 heteroatoms. The number of likely N-dealkylation sites (N-methyl/N-ethyl adjacent to an activating group) is 1. The van der Waals surface area contributed by atoms with Crippen molar-refractivity contribution < 1.29 is 18.0 Å². The van der Waals surface area contributed by atoms with Crippen LogP contribution in [0.15, 0.2) is 18.2 Å². The summed E-state index contributed by atoms with van der Waals surface area (Å²) in [6, 6.07) is 4.17. The molecule has 0 spiro atoms. The van der Waals surface area contributed by atoms with E-state index in [1.165, 1.54) is 4.90 Å². The van der Waals surface area contributed by atoms with E-state index in [9.17, 15) is 18.0 Å². The molecule has 1 N–H and O–H groups in total. The van der Waals surface area contributed by atoms with Gasteiger partial charge < -0.3 is 10.2 Å². The molecule has 3 rings (SSSR count). The Balaban J connectivity index is 1.63. The Bertz CT molecular complexity index is 893. The van der Waals surface area contributed by atoms with Crippen LogP contribution in [0.25, 0.3) is 0 Å². The number of rotatable bonds is 5. The average Bonchev–Trinajstić information content (AvgIpc) is 3.04. The van der Waals surface area contributed by atoms with Gasteiger partial charge in [0, 0.05) is 18.8 Å². The number of likely N-dealkylation sites (tertiary alicyclic amines) is 1. The molecule has 2 amide bonds. The first-order valence-corrected chi connectivity index (χ1v) is 12.2. The third kappa shape index (κ3) is 5.63. The maximum atomic E-state index is 12.8. The van der Waals surface area contributed by atoms with Gasteiger partial charge in [0.2, 0.25) is 11.8 Å². The first kappa shape index (κ1) is 22.3. The smallest absolute Gasteiger partial charge is 0.241 e. The van der Waals surface area contributed by atoms with Gasteiger partial charge in [-0.1, -0.05) is 29.6 Å². The third-order valence-electron chi connectivity index (χ3n) is 5.59. The third-order valence-corrected chi connectivity index (χ3v) is 8.08. The van der Waals surface area contributed by atoms with E-state index in [1.54, 1.807) is 25.2 Å². The molecule has 1 aromatic carbocycles. The number of carbonyl (C=O) groups excluding carboxylic acids is 2. The van der Waals surface area contributed by atoms with E-state index in [2.05, 4.69) is 5.32 Å². The van der Waals surface area contributed by atoms with Crippen molar-refractivity contribution >= 4 is 50.5 Å². The minimum atomic E-state index is -3.06. The maximum absolute atomic E-state index is 12.8. The van der Waals surface area contributed by atoms with Crippen LogP contribution in [0, 0.1) is 0 Å². The molecular weight excluding hydrogens is 437 g/mol. The number of carbonyl (C=O) groups is 2. The summed E-state index contributed by atoms with van der Waals surface area (Å²) >= 11 is 11.9. The van der Waals surface area contributed by atoms with Crippen LogP contribution < -0.4 is 5.32 Å². The number of benzene rings is 1. The molecule has 2 saturated heterocycles. The molecule has 2 aliphatic rings. The first-order chi connectivity index (χ1) is 13.7. The standard InChI is InChI=1S/C19H25Cl2N3O4S/c1-23(14-7-9-29(27,28)12-14)18(25)11-24-8-3-2-4-17(24)19(26)22-13-5-6-15(20)16(21)10-13/h5-6,10,14,17H,2-4,7-9,11-12H2,1H3,(H,22,26). The van der Waals surface area contributed by atoms with Crippen molar-refractivity contribution in [1.29, 1.82) is 0 Å². The number of anilines is 1. The van der Waals surface area contributed by atoms with E-state index in [-0.39, 0.29) is 35.9 Å². The van der Waals surface area contributed by atoms with Crippen LogP contribution in [-0.4, -0.2) is 73.8 Å². The second kappa shape index (κ2) is 9.20. The Hall–Kier alpha value is -1.35. The van der Waals surface area contributed by atoms with E-state index >= 15 is 0 Å². The zero-order valence-electron chi connectivity index (χ0n) is 16.2. The molecule has 0 aromatic heterocycles. The lowest BCUT2D eigenvalue weighted by Crippen LogP contribution is -2.52. The molecule has 0 aliphatic carbocycles. The zero-order chi connectivity index (χ0) is 21.2. The van der Waals surface area contributed by atoms with Gasteiger partial charge in [-0.2, -0.15) is 0 Å². The molecular formula is C19H25Cl2N3O4S. The number of hydrogen-bond acceptors (Lipinski definition) is 5. The van der Waals surface area contributed by atoms with Crippen LogP contribution in [0.2, 0.25) is 10.0 Å². The zero-order valence-corrected chi connectivity index (χ0v) is 18.6. The van der Waals surface area contributed by atoms with Gasteiger partial charge in [-0.25, -0.2) is 8.42 Å². The summed E-state index contributed by atoms with van der Waals surface area (Å²) in [7, 11) is -1.42. The molecule has 0 radical (unpaired) electrons. The highest BCUT2D eigenvalue weighted by molar-refractivity contribution is 7.91. The van der Waals surface area contributed by atoms with Crippen LogP contribution in [0.1, 0.15) is 25.7 Å². The lowest BCUT2D eigenvalue weighted by Gasteiger charge is -2.35. The number of hydrogen-bond donors (Lipinski definition) is 1. The van der Waals surface area contributed by atoms with E-state index in [0.29, 0.717) is 35.1 Å². The Morgan fingerprint density at radius 2 is 1.97 bits per heavy atom. The van der Waals surface area contributed by atoms with E-state index in [4.69, 9.17) is 23.2 Å². The lowest BCUT2D eigenvalue weighted by molar-refractivity contribution is -0.135. The topological polar surface area (TPSA) is 86.8 Å². The minimum absolute atomic E-state index is 0.0104. The van der Waals surface area contributed by atoms with Gasteiger partial charge in [0.25, 0.3) is 0 Å². The van der Waals surface area contributed by atoms with Crippen LogP contribution in [-0.2, 0) is 19.4 Å². The van der Waals surface area contributed by atoms with Gasteiger partial charge in [0.1, 0.15) is 0 Å². The maximum Gasteiger partial charge on any atom is 0.241 e. The van der Waals surface area contributed by atoms with Crippen molar-refractivity contribution in [3.8, 4) is 0 Å². The lowest BCUT2D eigenvalue weighted by atomic mass is 10.0. The first-order valence-electron chi connectivity index (χ1n) is 9.62. The summed E-state index contributed by atoms with van der Waals surface area (Å²) in [5.74, 6) is -0.229. The number of amides is 2. The molecule has 1 aromatic rings. The number of piperidine rings is 1. The summed E-state index contributed by atoms with van der Waals surface area (Å²) in [5.41, 5.74) is 0.550. The van der Waals surface area contributed by atoms with E-state index in [0.717, 1.165) is 12.8 Å². The molecule has 2 heterocycles. The Kier molecular flexibility index (Phi) is 7.09. The number of halogens is 2. The summed E-state index contributed by atoms with van der Waals surface area (Å²) in [6.07, 6.45) is 2.93. The van der Waals surface area contributed by atoms with Crippen molar-refractivity contribution in [3.63, 3.8) is 0 Å². The number of nitrogens with zero attached hydrogens (tertiary/aromatic N) is 2. The highest BCUT2D eigenvalue weighted by Crippen LogP contribution is 2.26. The van der Waals surface area contributed by atoms with Crippen LogP contribution in [0.5, 0.6) is 0 Å². The molecule has 160 valence electrons. The fourth-order valence-corrected chi connectivity index (χ4v) is 5.92. The van der Waals surface area contributed by atoms with Gasteiger partial charge in [-0.3, -0.25) is 14.5 Å². The molecule has 7 nitrogen and oxygen atoms in total. The summed E-state index contributed by atoms with van der Waals surface area (Å²) < 4.78 is 23.4. The van der Waals surface area contributed by atoms with E-state index in [1.807, 2.05) is 4.90 Å². The summed E-state index contributed by atoms with van der Waals surface area (Å²) in [5, 5.41) is 3.61. The monoisotopic (exact) mass is 461 g/mol. The molecule has 2 atom stereocenters. The Morgan fingerprint density at radius 3 is 2.62 bits per heavy atom. The molecule has 2 fully saturated rings. The van der Waals surface area contributed by atoms with Crippen LogP contribution >= 0.6 is 23.2 Å². The molecule has 2 aliphatic heterocycles. The average molecular weight is 462 g/mol. The van der Waals surface area contributed by atoms with Crippen LogP contribution in [0.3, 0.4) is 0 Å². The SMILES string of the molecule is CN(C(=O)CN1CCCCC1C(=O)Nc1ccc(Cl)c(Cl)c1)C1CCS(=O)(=O)C1. The van der Waals surface area contributed by atoms with Crippen molar-refractivity contribution in [3.05, 3.63) is 28.2 Å². The molecule has 29 heavy (non-hydrogen) atoms. The van der Waals surface area contributed by atoms with Crippen molar-refractivity contribution in [1.82, 2.24) is 9.80 Å². The normalized spacial score (nSPS) is 24.2. The van der Waals surface area contributed by atoms with Gasteiger partial charge >= 0.3 is 0 Å². The van der Waals surface area contributed by atoms with Gasteiger partial charge in [-0.15, -0.1) is 0 Å². The van der Waals surface area contributed by atoms with Crippen molar-refractivity contribution in [2.45, 2.75) is 37.8 Å². The summed E-state index contributed by atoms with van der Waals surface area (Å²) in [6.45, 7) is 0.731. The number of nitrogens with one attached hydrogen (secondary N) is 1. The summed E-state index contributed by atoms with van der Waals surface area (Å²) in [4.78, 5) is 29.0. The van der Waals surface area contributed by atoms with Crippen molar-refractivity contribution in [2.24, 2.45) is 0 Å². The Labute approximate surface area is 181 Å². The quantitative estimate of drug-likeness (QED) is 0.727. The van der Waals surface area contributed by atoms with Gasteiger partial charge in [0.15, 0.2) is 9.84 Å². The fraction of sp³-hybridized carbons (Fsp3) is 0.579. The van der Waals surface area contributed by atoms with Gasteiger partial charge in [0.05, 0.1) is 34.1 Å². The number of sulfone groups is 1. The van der Waals surface area contributed by atoms with Crippen LogP contribution in [0.4, 0.5) is 5.69 Å².